The van der Waals surface area contributed by atoms with Gasteiger partial charge in [0.05, 0.1) is 5.69 Å². The van der Waals surface area contributed by atoms with Crippen LogP contribution >= 0.6 is 11.8 Å². The lowest BCUT2D eigenvalue weighted by Gasteiger charge is -2.17. The highest BCUT2D eigenvalue weighted by atomic mass is 32.2. The third kappa shape index (κ3) is 4.72. The van der Waals surface area contributed by atoms with Gasteiger partial charge in [0.1, 0.15) is 0 Å². The summed E-state index contributed by atoms with van der Waals surface area (Å²) in [6, 6.07) is 2.79. The summed E-state index contributed by atoms with van der Waals surface area (Å²) >= 11 is 1.92. The van der Waals surface area contributed by atoms with Gasteiger partial charge in [0.2, 0.25) is 0 Å². The van der Waals surface area contributed by atoms with Gasteiger partial charge in [-0.2, -0.15) is 16.9 Å². The summed E-state index contributed by atoms with van der Waals surface area (Å²) in [5.41, 5.74) is 2.49. The first-order chi connectivity index (χ1) is 8.21. The van der Waals surface area contributed by atoms with E-state index >= 15 is 0 Å². The predicted molar refractivity (Wildman–Crippen MR) is 76.8 cm³/mol. The summed E-state index contributed by atoms with van der Waals surface area (Å²) in [6.45, 7) is 8.40. The fraction of sp³-hybridized carbons (Fsp3) is 0.769. The summed E-state index contributed by atoms with van der Waals surface area (Å²) in [7, 11) is 0. The smallest absolute Gasteiger partial charge is 0.0596 e. The molecule has 0 saturated heterocycles. The minimum Gasteiger partial charge on any atom is -0.314 e. The van der Waals surface area contributed by atoms with Crippen molar-refractivity contribution in [1.82, 2.24) is 15.1 Å². The Labute approximate surface area is 109 Å². The van der Waals surface area contributed by atoms with Gasteiger partial charge in [-0.05, 0) is 44.9 Å². The van der Waals surface area contributed by atoms with Gasteiger partial charge < -0.3 is 5.32 Å². The zero-order valence-corrected chi connectivity index (χ0v) is 12.3. The Hall–Kier alpha value is -0.480. The van der Waals surface area contributed by atoms with Gasteiger partial charge in [-0.1, -0.05) is 6.92 Å². The second kappa shape index (κ2) is 7.77. The molecule has 0 saturated carbocycles. The third-order valence-electron chi connectivity index (χ3n) is 2.90. The maximum absolute atomic E-state index is 4.51. The molecule has 1 atom stereocenters. The van der Waals surface area contributed by atoms with Gasteiger partial charge in [0.25, 0.3) is 0 Å². The summed E-state index contributed by atoms with van der Waals surface area (Å²) in [5.74, 6) is 1.22. The van der Waals surface area contributed by atoms with E-state index in [4.69, 9.17) is 0 Å². The maximum Gasteiger partial charge on any atom is 0.0596 e. The molecule has 98 valence electrons. The van der Waals surface area contributed by atoms with Crippen molar-refractivity contribution in [3.05, 3.63) is 17.5 Å². The van der Waals surface area contributed by atoms with Crippen molar-refractivity contribution in [2.24, 2.45) is 0 Å². The number of aromatic nitrogens is 2. The molecule has 1 heterocycles. The van der Waals surface area contributed by atoms with Crippen molar-refractivity contribution in [2.45, 2.75) is 46.2 Å². The van der Waals surface area contributed by atoms with Crippen molar-refractivity contribution in [3.8, 4) is 0 Å². The van der Waals surface area contributed by atoms with Crippen LogP contribution in [-0.2, 0) is 13.0 Å². The van der Waals surface area contributed by atoms with Crippen molar-refractivity contribution < 1.29 is 0 Å². The minimum atomic E-state index is 0.578. The highest BCUT2D eigenvalue weighted by Gasteiger charge is 2.12. The molecule has 0 amide bonds. The van der Waals surface area contributed by atoms with E-state index in [1.165, 1.54) is 17.9 Å². The average molecular weight is 255 g/mol. The predicted octanol–water partition coefficient (Wildman–Crippen LogP) is 2.49. The van der Waals surface area contributed by atoms with Gasteiger partial charge in [-0.15, -0.1) is 0 Å². The van der Waals surface area contributed by atoms with Crippen LogP contribution in [0.5, 0.6) is 0 Å². The second-order valence-electron chi connectivity index (χ2n) is 4.33. The van der Waals surface area contributed by atoms with Gasteiger partial charge in [0, 0.05) is 24.7 Å². The number of aryl methyl sites for hydroxylation is 2. The SMILES string of the molecule is CCNC(CCSC)Cc1cc(C)nn1CC. The van der Waals surface area contributed by atoms with Crippen LogP contribution in [-0.4, -0.2) is 34.4 Å². The van der Waals surface area contributed by atoms with E-state index in [9.17, 15) is 0 Å². The monoisotopic (exact) mass is 255 g/mol. The first-order valence-electron chi connectivity index (χ1n) is 6.46. The van der Waals surface area contributed by atoms with Crippen molar-refractivity contribution >= 4 is 11.8 Å². The largest absolute Gasteiger partial charge is 0.314 e. The quantitative estimate of drug-likeness (QED) is 0.774. The Bertz CT molecular complexity index is 322. The zero-order valence-electron chi connectivity index (χ0n) is 11.5. The molecule has 17 heavy (non-hydrogen) atoms. The van der Waals surface area contributed by atoms with E-state index in [0.717, 1.165) is 25.2 Å². The lowest BCUT2D eigenvalue weighted by molar-refractivity contribution is 0.489. The topological polar surface area (TPSA) is 29.9 Å². The Balaban J connectivity index is 2.63. The molecule has 0 bridgehead atoms. The first-order valence-corrected chi connectivity index (χ1v) is 7.86. The molecule has 0 spiro atoms. The first kappa shape index (κ1) is 14.6. The number of hydrogen-bond acceptors (Lipinski definition) is 3. The van der Waals surface area contributed by atoms with Crippen LogP contribution in [0.25, 0.3) is 0 Å². The van der Waals surface area contributed by atoms with Crippen molar-refractivity contribution in [1.29, 1.82) is 0 Å². The van der Waals surface area contributed by atoms with Crippen LogP contribution in [0, 0.1) is 6.92 Å². The highest BCUT2D eigenvalue weighted by molar-refractivity contribution is 7.98. The molecule has 1 N–H and O–H groups in total. The lowest BCUT2D eigenvalue weighted by Crippen LogP contribution is -2.32. The van der Waals surface area contributed by atoms with E-state index in [1.807, 2.05) is 11.8 Å². The molecule has 0 aliphatic carbocycles. The molecule has 1 unspecified atom stereocenters. The van der Waals surface area contributed by atoms with Crippen molar-refractivity contribution in [2.75, 3.05) is 18.6 Å². The molecule has 1 aromatic heterocycles. The fourth-order valence-electron chi connectivity index (χ4n) is 2.11. The van der Waals surface area contributed by atoms with Crippen LogP contribution in [0.1, 0.15) is 31.7 Å². The van der Waals surface area contributed by atoms with Gasteiger partial charge in [-0.3, -0.25) is 4.68 Å². The molecule has 3 nitrogen and oxygen atoms in total. The van der Waals surface area contributed by atoms with Crippen LogP contribution < -0.4 is 5.32 Å². The molecule has 0 aliphatic heterocycles. The number of nitrogens with one attached hydrogen (secondary N) is 1. The van der Waals surface area contributed by atoms with Gasteiger partial charge >= 0.3 is 0 Å². The second-order valence-corrected chi connectivity index (χ2v) is 5.32. The normalized spacial score (nSPS) is 12.9. The Kier molecular flexibility index (Phi) is 6.66. The highest BCUT2D eigenvalue weighted by Crippen LogP contribution is 2.10. The van der Waals surface area contributed by atoms with Crippen LogP contribution in [0.4, 0.5) is 0 Å². The number of hydrogen-bond donors (Lipinski definition) is 1. The third-order valence-corrected chi connectivity index (χ3v) is 3.55. The zero-order chi connectivity index (χ0) is 12.7. The molecular weight excluding hydrogens is 230 g/mol. The number of thioether (sulfide) groups is 1. The molecule has 1 rings (SSSR count). The van der Waals surface area contributed by atoms with Crippen LogP contribution in [0.3, 0.4) is 0 Å². The Morgan fingerprint density at radius 3 is 2.82 bits per heavy atom. The summed E-state index contributed by atoms with van der Waals surface area (Å²) in [4.78, 5) is 0. The van der Waals surface area contributed by atoms with E-state index in [2.05, 4.69) is 48.2 Å². The van der Waals surface area contributed by atoms with E-state index in [1.54, 1.807) is 0 Å². The molecule has 0 aliphatic rings. The summed E-state index contributed by atoms with van der Waals surface area (Å²) in [6.07, 6.45) is 4.48. The van der Waals surface area contributed by atoms with Gasteiger partial charge in [0.15, 0.2) is 0 Å². The van der Waals surface area contributed by atoms with Gasteiger partial charge in [-0.25, -0.2) is 0 Å². The Morgan fingerprint density at radius 2 is 2.24 bits per heavy atom. The molecular formula is C13H25N3S. The minimum absolute atomic E-state index is 0.578. The summed E-state index contributed by atoms with van der Waals surface area (Å²) in [5, 5.41) is 8.08. The molecule has 0 aromatic carbocycles. The molecule has 4 heteroatoms. The number of rotatable bonds is 8. The van der Waals surface area contributed by atoms with E-state index in [0.29, 0.717) is 6.04 Å². The number of nitrogens with zero attached hydrogens (tertiary/aromatic N) is 2. The number of likely N-dealkylation sites (N-methyl/N-ethyl adjacent to an activating group) is 1. The van der Waals surface area contributed by atoms with E-state index < -0.39 is 0 Å². The molecule has 0 radical (unpaired) electrons. The van der Waals surface area contributed by atoms with Crippen LogP contribution in [0.2, 0.25) is 0 Å². The Morgan fingerprint density at radius 1 is 1.47 bits per heavy atom. The lowest BCUT2D eigenvalue weighted by atomic mass is 10.1. The molecule has 1 aromatic rings. The summed E-state index contributed by atoms with van der Waals surface area (Å²) < 4.78 is 2.12. The average Bonchev–Trinajstić information content (AvgIpc) is 2.66. The van der Waals surface area contributed by atoms with E-state index in [-0.39, 0.29) is 0 Å². The standard InChI is InChI=1S/C13H25N3S/c1-5-14-12(7-8-17-4)10-13-9-11(3)15-16(13)6-2/h9,12,14H,5-8,10H2,1-4H3. The van der Waals surface area contributed by atoms with Crippen molar-refractivity contribution in [3.63, 3.8) is 0 Å². The fourth-order valence-corrected chi connectivity index (χ4v) is 2.63. The maximum atomic E-state index is 4.51. The molecule has 0 fully saturated rings. The van der Waals surface area contributed by atoms with Crippen LogP contribution in [0.15, 0.2) is 6.07 Å².